The average Bonchev–Trinajstić information content (AvgIpc) is 3.35. The van der Waals surface area contributed by atoms with Gasteiger partial charge in [-0.05, 0) is 82.1 Å². The van der Waals surface area contributed by atoms with Gasteiger partial charge in [0.25, 0.3) is 0 Å². The summed E-state index contributed by atoms with van der Waals surface area (Å²) in [4.78, 5) is 21.7. The zero-order valence-corrected chi connectivity index (χ0v) is 19.5. The largest absolute Gasteiger partial charge is 0.481 e. The van der Waals surface area contributed by atoms with Crippen LogP contribution in [0.1, 0.15) is 61.5 Å². The normalized spacial score (nSPS) is 14.8. The van der Waals surface area contributed by atoms with Crippen molar-refractivity contribution >= 4 is 17.8 Å². The van der Waals surface area contributed by atoms with E-state index in [0.29, 0.717) is 6.42 Å². The number of H-pyrrole nitrogens is 1. The van der Waals surface area contributed by atoms with Gasteiger partial charge in [-0.15, -0.1) is 0 Å². The Morgan fingerprint density at radius 3 is 2.59 bits per heavy atom. The molecule has 0 amide bonds. The molecular formula is C27H35N3O2. The second kappa shape index (κ2) is 11.6. The van der Waals surface area contributed by atoms with E-state index in [1.807, 2.05) is 18.2 Å². The van der Waals surface area contributed by atoms with Crippen LogP contribution in [-0.2, 0) is 17.6 Å². The molecule has 3 rings (SSSR count). The minimum atomic E-state index is -0.772. The Balaban J connectivity index is 1.92. The summed E-state index contributed by atoms with van der Waals surface area (Å²) in [6, 6.07) is 12.4. The third-order valence-electron chi connectivity index (χ3n) is 5.68. The van der Waals surface area contributed by atoms with Gasteiger partial charge in [-0.2, -0.15) is 0 Å². The number of hydrogen-bond donors (Lipinski definition) is 2. The number of allylic oxidation sites excluding steroid dienone is 2. The fraction of sp³-hybridized carbons (Fsp3) is 0.407. The molecule has 5 nitrogen and oxygen atoms in total. The number of aromatic nitrogens is 1. The zero-order chi connectivity index (χ0) is 22.9. The van der Waals surface area contributed by atoms with Crippen molar-refractivity contribution in [1.82, 2.24) is 9.88 Å². The SMILES string of the molecule is CCCCC1=CC(c2ccccc2)=NC1=Cc1[nH]c(CCC(=O)O)cc1CCCN(C)C. The summed E-state index contributed by atoms with van der Waals surface area (Å²) in [5.41, 5.74) is 7.69. The highest BCUT2D eigenvalue weighted by Crippen LogP contribution is 2.29. The van der Waals surface area contributed by atoms with E-state index in [1.165, 1.54) is 11.1 Å². The van der Waals surface area contributed by atoms with Crippen LogP contribution in [0.5, 0.6) is 0 Å². The van der Waals surface area contributed by atoms with Gasteiger partial charge < -0.3 is 15.0 Å². The third-order valence-corrected chi connectivity index (χ3v) is 5.68. The van der Waals surface area contributed by atoms with Gasteiger partial charge >= 0.3 is 5.97 Å². The maximum absolute atomic E-state index is 11.0. The first-order chi connectivity index (χ1) is 15.5. The van der Waals surface area contributed by atoms with Crippen LogP contribution in [0.3, 0.4) is 0 Å². The minimum Gasteiger partial charge on any atom is -0.481 e. The maximum Gasteiger partial charge on any atom is 0.303 e. The van der Waals surface area contributed by atoms with Gasteiger partial charge in [0.2, 0.25) is 0 Å². The highest BCUT2D eigenvalue weighted by atomic mass is 16.4. The van der Waals surface area contributed by atoms with Gasteiger partial charge in [0.1, 0.15) is 0 Å². The van der Waals surface area contributed by atoms with Crippen molar-refractivity contribution in [2.24, 2.45) is 4.99 Å². The van der Waals surface area contributed by atoms with Crippen LogP contribution in [0.4, 0.5) is 0 Å². The van der Waals surface area contributed by atoms with Crippen molar-refractivity contribution in [3.63, 3.8) is 0 Å². The molecule has 2 heterocycles. The molecular weight excluding hydrogens is 398 g/mol. The molecule has 5 heteroatoms. The van der Waals surface area contributed by atoms with Gasteiger partial charge in [-0.25, -0.2) is 4.99 Å². The standard InChI is InChI=1S/C27H35N3O2/c1-4-5-10-22-18-24(20-11-7-6-8-12-20)29-26(22)19-25-21(13-9-16-30(2)3)17-23(28-25)14-15-27(31)32/h6-8,11-12,17-19,28H,4-5,9-10,13-16H2,1-3H3,(H,31,32). The molecule has 32 heavy (non-hydrogen) atoms. The number of carboxylic acids is 1. The summed E-state index contributed by atoms with van der Waals surface area (Å²) >= 11 is 0. The van der Waals surface area contributed by atoms with Crippen LogP contribution in [0.25, 0.3) is 6.08 Å². The number of aliphatic carboxylic acids is 1. The highest BCUT2D eigenvalue weighted by molar-refractivity contribution is 6.12. The van der Waals surface area contributed by atoms with E-state index in [4.69, 9.17) is 10.1 Å². The number of nitrogens with one attached hydrogen (secondary N) is 1. The van der Waals surface area contributed by atoms with E-state index >= 15 is 0 Å². The molecule has 0 saturated carbocycles. The highest BCUT2D eigenvalue weighted by Gasteiger charge is 2.17. The molecule has 0 unspecified atom stereocenters. The second-order valence-electron chi connectivity index (χ2n) is 8.70. The Labute approximate surface area is 191 Å². The Hall–Kier alpha value is -2.92. The number of carbonyl (C=O) groups is 1. The zero-order valence-electron chi connectivity index (χ0n) is 19.5. The van der Waals surface area contributed by atoms with E-state index < -0.39 is 5.97 Å². The van der Waals surface area contributed by atoms with E-state index in [-0.39, 0.29) is 6.42 Å². The number of aryl methyl sites for hydroxylation is 2. The van der Waals surface area contributed by atoms with Crippen molar-refractivity contribution in [2.75, 3.05) is 20.6 Å². The van der Waals surface area contributed by atoms with Gasteiger partial charge in [0, 0.05) is 17.0 Å². The lowest BCUT2D eigenvalue weighted by atomic mass is 10.0. The van der Waals surface area contributed by atoms with Crippen molar-refractivity contribution in [1.29, 1.82) is 0 Å². The molecule has 0 spiro atoms. The molecule has 0 atom stereocenters. The first kappa shape index (κ1) is 23.7. The Kier molecular flexibility index (Phi) is 8.63. The molecule has 0 saturated heterocycles. The van der Waals surface area contributed by atoms with Crippen LogP contribution in [0, 0.1) is 0 Å². The fourth-order valence-electron chi connectivity index (χ4n) is 3.93. The van der Waals surface area contributed by atoms with Crippen LogP contribution >= 0.6 is 0 Å². The lowest BCUT2D eigenvalue weighted by Crippen LogP contribution is -2.13. The minimum absolute atomic E-state index is 0.131. The molecule has 0 bridgehead atoms. The third kappa shape index (κ3) is 6.79. The number of rotatable bonds is 12. The molecule has 170 valence electrons. The van der Waals surface area contributed by atoms with Crippen LogP contribution in [0.15, 0.2) is 58.7 Å². The van der Waals surface area contributed by atoms with Crippen LogP contribution in [0.2, 0.25) is 0 Å². The van der Waals surface area contributed by atoms with Gasteiger partial charge in [0.05, 0.1) is 17.8 Å². The summed E-state index contributed by atoms with van der Waals surface area (Å²) in [6.45, 7) is 3.23. The molecule has 1 aliphatic heterocycles. The second-order valence-corrected chi connectivity index (χ2v) is 8.70. The summed E-state index contributed by atoms with van der Waals surface area (Å²) in [5, 5.41) is 9.08. The van der Waals surface area contributed by atoms with Crippen molar-refractivity contribution < 1.29 is 9.90 Å². The molecule has 1 aromatic carbocycles. The fourth-order valence-corrected chi connectivity index (χ4v) is 3.93. The first-order valence-corrected chi connectivity index (χ1v) is 11.6. The number of unbranched alkanes of at least 4 members (excludes halogenated alkanes) is 1. The molecule has 2 aromatic rings. The molecule has 0 fully saturated rings. The number of aliphatic imine (C=N–C) groups is 1. The Morgan fingerprint density at radius 1 is 1.12 bits per heavy atom. The quantitative estimate of drug-likeness (QED) is 0.465. The lowest BCUT2D eigenvalue weighted by molar-refractivity contribution is -0.136. The molecule has 1 aliphatic rings. The van der Waals surface area contributed by atoms with E-state index in [9.17, 15) is 4.79 Å². The Morgan fingerprint density at radius 2 is 1.91 bits per heavy atom. The lowest BCUT2D eigenvalue weighted by Gasteiger charge is -2.09. The van der Waals surface area contributed by atoms with Crippen LogP contribution < -0.4 is 0 Å². The average molecular weight is 434 g/mol. The van der Waals surface area contributed by atoms with Gasteiger partial charge in [0.15, 0.2) is 0 Å². The Bertz CT molecular complexity index is 997. The summed E-state index contributed by atoms with van der Waals surface area (Å²) in [7, 11) is 4.17. The summed E-state index contributed by atoms with van der Waals surface area (Å²) < 4.78 is 0. The van der Waals surface area contributed by atoms with Crippen molar-refractivity contribution in [2.45, 2.75) is 51.9 Å². The summed E-state index contributed by atoms with van der Waals surface area (Å²) in [5.74, 6) is -0.772. The number of hydrogen-bond acceptors (Lipinski definition) is 3. The molecule has 2 N–H and O–H groups in total. The number of nitrogens with zero attached hydrogens (tertiary/aromatic N) is 2. The number of carboxylic acid groups (broad SMARTS) is 1. The summed E-state index contributed by atoms with van der Waals surface area (Å²) in [6.07, 6.45) is 10.3. The first-order valence-electron chi connectivity index (χ1n) is 11.6. The van der Waals surface area contributed by atoms with Crippen molar-refractivity contribution in [3.05, 3.63) is 76.3 Å². The van der Waals surface area contributed by atoms with E-state index in [1.54, 1.807) is 0 Å². The molecule has 0 radical (unpaired) electrons. The molecule has 0 aliphatic carbocycles. The van der Waals surface area contributed by atoms with Crippen molar-refractivity contribution in [3.8, 4) is 0 Å². The number of aromatic amines is 1. The van der Waals surface area contributed by atoms with E-state index in [0.717, 1.165) is 67.0 Å². The van der Waals surface area contributed by atoms with E-state index in [2.05, 4.69) is 61.3 Å². The molecule has 1 aromatic heterocycles. The van der Waals surface area contributed by atoms with Gasteiger partial charge in [-0.3, -0.25) is 4.79 Å². The maximum atomic E-state index is 11.0. The predicted molar refractivity (Wildman–Crippen MR) is 132 cm³/mol. The topological polar surface area (TPSA) is 68.7 Å². The smallest absolute Gasteiger partial charge is 0.303 e. The predicted octanol–water partition coefficient (Wildman–Crippen LogP) is 5.49. The number of benzene rings is 1. The monoisotopic (exact) mass is 433 g/mol. The van der Waals surface area contributed by atoms with Crippen LogP contribution in [-0.4, -0.2) is 47.3 Å². The van der Waals surface area contributed by atoms with Gasteiger partial charge in [-0.1, -0.05) is 43.7 Å².